The van der Waals surface area contributed by atoms with Crippen LogP contribution in [-0.4, -0.2) is 21.5 Å². The number of rotatable bonds is 4. The number of thiophene rings is 1. The van der Waals surface area contributed by atoms with Crippen LogP contribution >= 0.6 is 11.3 Å². The Morgan fingerprint density at radius 1 is 1.18 bits per heavy atom. The second-order valence-corrected chi connectivity index (χ2v) is 6.60. The molecule has 0 spiro atoms. The second-order valence-electron chi connectivity index (χ2n) is 5.53. The number of aromatic nitrogens is 3. The van der Waals surface area contributed by atoms with Crippen molar-refractivity contribution in [2.45, 2.75) is 25.8 Å². The van der Waals surface area contributed by atoms with Gasteiger partial charge in [0.25, 0.3) is 0 Å². The van der Waals surface area contributed by atoms with Crippen LogP contribution in [0.1, 0.15) is 36.4 Å². The number of nitrogens with zero attached hydrogens (tertiary/aromatic N) is 3. The van der Waals surface area contributed by atoms with Crippen molar-refractivity contribution in [2.75, 3.05) is 6.54 Å². The molecule has 3 rings (SSSR count). The van der Waals surface area contributed by atoms with Gasteiger partial charge < -0.3 is 11.5 Å². The summed E-state index contributed by atoms with van der Waals surface area (Å²) < 4.78 is 0. The van der Waals surface area contributed by atoms with Crippen LogP contribution in [0.3, 0.4) is 0 Å². The van der Waals surface area contributed by atoms with Crippen LogP contribution in [0.25, 0.3) is 21.6 Å². The molecule has 0 saturated carbocycles. The Bertz CT molecular complexity index is 782. The van der Waals surface area contributed by atoms with Crippen molar-refractivity contribution in [3.8, 4) is 11.4 Å². The molecule has 3 heterocycles. The highest BCUT2D eigenvalue weighted by molar-refractivity contribution is 7.18. The Morgan fingerprint density at radius 3 is 2.55 bits per heavy atom. The van der Waals surface area contributed by atoms with Crippen LogP contribution in [0.5, 0.6) is 0 Å². The lowest BCUT2D eigenvalue weighted by molar-refractivity contribution is 0.717. The smallest absolute Gasteiger partial charge is 0.161 e. The number of hydrogen-bond acceptors (Lipinski definition) is 6. The summed E-state index contributed by atoms with van der Waals surface area (Å²) in [6.07, 6.45) is 3.47. The molecule has 3 aromatic rings. The molecule has 0 saturated heterocycles. The maximum atomic E-state index is 6.17. The zero-order valence-electron chi connectivity index (χ0n) is 12.7. The third kappa shape index (κ3) is 2.72. The van der Waals surface area contributed by atoms with E-state index in [1.165, 1.54) is 4.88 Å². The number of fused-ring (bicyclic) bond motifs is 1. The highest BCUT2D eigenvalue weighted by atomic mass is 32.1. The SMILES string of the molecule is CC(C)c1cc2c(C(N)CN)nc(-c3ccncc3)nc2s1. The molecule has 0 amide bonds. The molecule has 6 heteroatoms. The second kappa shape index (κ2) is 6.08. The molecule has 0 bridgehead atoms. The molecule has 0 aromatic carbocycles. The predicted octanol–water partition coefficient (Wildman–Crippen LogP) is 2.84. The highest BCUT2D eigenvalue weighted by Gasteiger charge is 2.17. The van der Waals surface area contributed by atoms with E-state index in [4.69, 9.17) is 16.5 Å². The molecule has 1 atom stereocenters. The molecular weight excluding hydrogens is 294 g/mol. The first-order valence-electron chi connectivity index (χ1n) is 7.27. The van der Waals surface area contributed by atoms with Gasteiger partial charge in [-0.15, -0.1) is 11.3 Å². The van der Waals surface area contributed by atoms with E-state index in [1.807, 2.05) is 12.1 Å². The van der Waals surface area contributed by atoms with E-state index < -0.39 is 0 Å². The molecule has 5 nitrogen and oxygen atoms in total. The lowest BCUT2D eigenvalue weighted by Crippen LogP contribution is -2.22. The van der Waals surface area contributed by atoms with Crippen LogP contribution in [0.2, 0.25) is 0 Å². The van der Waals surface area contributed by atoms with Crippen molar-refractivity contribution in [1.29, 1.82) is 0 Å². The van der Waals surface area contributed by atoms with Crippen LogP contribution in [-0.2, 0) is 0 Å². The van der Waals surface area contributed by atoms with Gasteiger partial charge in [0.05, 0.1) is 11.7 Å². The topological polar surface area (TPSA) is 90.7 Å². The number of nitrogens with two attached hydrogens (primary N) is 2. The molecule has 0 fully saturated rings. The van der Waals surface area contributed by atoms with Gasteiger partial charge >= 0.3 is 0 Å². The molecule has 0 aliphatic heterocycles. The average molecular weight is 313 g/mol. The van der Waals surface area contributed by atoms with Gasteiger partial charge in [-0.2, -0.15) is 0 Å². The molecule has 1 unspecified atom stereocenters. The molecule has 0 aliphatic rings. The van der Waals surface area contributed by atoms with Gasteiger partial charge in [0.2, 0.25) is 0 Å². The molecular formula is C16H19N5S. The Labute approximate surface area is 133 Å². The van der Waals surface area contributed by atoms with E-state index >= 15 is 0 Å². The summed E-state index contributed by atoms with van der Waals surface area (Å²) in [4.78, 5) is 15.7. The summed E-state index contributed by atoms with van der Waals surface area (Å²) in [5, 5.41) is 1.02. The standard InChI is InChI=1S/C16H19N5S/c1-9(2)13-7-11-14(12(18)8-17)20-15(21-16(11)22-13)10-3-5-19-6-4-10/h3-7,9,12H,8,17-18H2,1-2H3. The van der Waals surface area contributed by atoms with Crippen molar-refractivity contribution in [3.63, 3.8) is 0 Å². The Hall–Kier alpha value is -1.89. The first-order chi connectivity index (χ1) is 10.6. The summed E-state index contributed by atoms with van der Waals surface area (Å²) in [7, 11) is 0. The van der Waals surface area contributed by atoms with Gasteiger partial charge in [0.15, 0.2) is 5.82 Å². The average Bonchev–Trinajstić information content (AvgIpc) is 2.98. The van der Waals surface area contributed by atoms with E-state index in [2.05, 4.69) is 29.9 Å². The fourth-order valence-electron chi connectivity index (χ4n) is 2.27. The van der Waals surface area contributed by atoms with Crippen LogP contribution < -0.4 is 11.5 Å². The lowest BCUT2D eigenvalue weighted by atomic mass is 10.1. The molecule has 0 radical (unpaired) electrons. The zero-order valence-corrected chi connectivity index (χ0v) is 13.5. The van der Waals surface area contributed by atoms with E-state index in [0.29, 0.717) is 18.3 Å². The van der Waals surface area contributed by atoms with Gasteiger partial charge in [-0.3, -0.25) is 4.98 Å². The third-order valence-corrected chi connectivity index (χ3v) is 4.88. The maximum absolute atomic E-state index is 6.17. The quantitative estimate of drug-likeness (QED) is 0.773. The Kier molecular flexibility index (Phi) is 4.15. The van der Waals surface area contributed by atoms with Gasteiger partial charge in [-0.25, -0.2) is 9.97 Å². The minimum atomic E-state index is -0.291. The van der Waals surface area contributed by atoms with Crippen LogP contribution in [0.4, 0.5) is 0 Å². The Balaban J connectivity index is 2.23. The minimum Gasteiger partial charge on any atom is -0.329 e. The molecule has 3 aromatic heterocycles. The third-order valence-electron chi connectivity index (χ3n) is 3.55. The first kappa shape index (κ1) is 15.0. The van der Waals surface area contributed by atoms with Gasteiger partial charge in [-0.05, 0) is 24.1 Å². The largest absolute Gasteiger partial charge is 0.329 e. The highest BCUT2D eigenvalue weighted by Crippen LogP contribution is 2.33. The van der Waals surface area contributed by atoms with Crippen molar-refractivity contribution in [1.82, 2.24) is 15.0 Å². The van der Waals surface area contributed by atoms with Crippen molar-refractivity contribution < 1.29 is 0 Å². The van der Waals surface area contributed by atoms with E-state index in [0.717, 1.165) is 21.5 Å². The first-order valence-corrected chi connectivity index (χ1v) is 8.09. The maximum Gasteiger partial charge on any atom is 0.161 e. The van der Waals surface area contributed by atoms with Crippen LogP contribution in [0, 0.1) is 0 Å². The monoisotopic (exact) mass is 313 g/mol. The molecule has 22 heavy (non-hydrogen) atoms. The summed E-state index contributed by atoms with van der Waals surface area (Å²) in [5.74, 6) is 1.12. The van der Waals surface area contributed by atoms with E-state index in [1.54, 1.807) is 23.7 Å². The fourth-order valence-corrected chi connectivity index (χ4v) is 3.31. The van der Waals surface area contributed by atoms with Gasteiger partial charge in [0, 0.05) is 34.8 Å². The van der Waals surface area contributed by atoms with Crippen molar-refractivity contribution in [2.24, 2.45) is 11.5 Å². The molecule has 4 N–H and O–H groups in total. The van der Waals surface area contributed by atoms with Gasteiger partial charge in [-0.1, -0.05) is 13.8 Å². The van der Waals surface area contributed by atoms with Crippen LogP contribution in [0.15, 0.2) is 30.6 Å². The Morgan fingerprint density at radius 2 is 1.91 bits per heavy atom. The summed E-state index contributed by atoms with van der Waals surface area (Å²) in [6, 6.07) is 5.65. The van der Waals surface area contributed by atoms with Gasteiger partial charge in [0.1, 0.15) is 4.83 Å². The van der Waals surface area contributed by atoms with E-state index in [9.17, 15) is 0 Å². The molecule has 0 aliphatic carbocycles. The molecule has 114 valence electrons. The predicted molar refractivity (Wildman–Crippen MR) is 90.7 cm³/mol. The van der Waals surface area contributed by atoms with E-state index in [-0.39, 0.29) is 6.04 Å². The summed E-state index contributed by atoms with van der Waals surface area (Å²) >= 11 is 1.69. The summed E-state index contributed by atoms with van der Waals surface area (Å²) in [5.41, 5.74) is 13.7. The normalized spacial score (nSPS) is 13.0. The van der Waals surface area contributed by atoms with Crippen molar-refractivity contribution in [3.05, 3.63) is 41.2 Å². The van der Waals surface area contributed by atoms with Crippen molar-refractivity contribution >= 4 is 21.6 Å². The minimum absolute atomic E-state index is 0.291. The number of hydrogen-bond donors (Lipinski definition) is 2. The number of pyridine rings is 1. The lowest BCUT2D eigenvalue weighted by Gasteiger charge is -2.11. The summed E-state index contributed by atoms with van der Waals surface area (Å²) in [6.45, 7) is 4.70. The fraction of sp³-hybridized carbons (Fsp3) is 0.312. The zero-order chi connectivity index (χ0) is 15.7.